The summed E-state index contributed by atoms with van der Waals surface area (Å²) in [5, 5.41) is 9.57. The first-order chi connectivity index (χ1) is 9.18. The maximum Gasteiger partial charge on any atom is 0.240 e. The van der Waals surface area contributed by atoms with Crippen molar-refractivity contribution in [2.24, 2.45) is 5.41 Å². The van der Waals surface area contributed by atoms with Crippen LogP contribution >= 0.6 is 11.6 Å². The molecule has 0 spiro atoms. The molecule has 4 nitrogen and oxygen atoms in total. The summed E-state index contributed by atoms with van der Waals surface area (Å²) in [5.41, 5.74) is 0.661. The maximum absolute atomic E-state index is 12.1. The molecule has 2 N–H and O–H groups in total. The van der Waals surface area contributed by atoms with Gasteiger partial charge in [0.1, 0.15) is 0 Å². The fraction of sp³-hybridized carbons (Fsp3) is 0.571. The van der Waals surface area contributed by atoms with E-state index >= 15 is 0 Å². The number of sulfonamides is 1. The summed E-state index contributed by atoms with van der Waals surface area (Å²) in [5.74, 6) is 0. The summed E-state index contributed by atoms with van der Waals surface area (Å²) < 4.78 is 26.7. The third-order valence-corrected chi connectivity index (χ3v) is 5.07. The second-order valence-corrected chi connectivity index (χ2v) is 7.91. The van der Waals surface area contributed by atoms with Gasteiger partial charge in [0.05, 0.1) is 4.90 Å². The van der Waals surface area contributed by atoms with Crippen LogP contribution in [0.2, 0.25) is 5.02 Å². The van der Waals surface area contributed by atoms with Crippen LogP contribution in [0, 0.1) is 12.3 Å². The predicted octanol–water partition coefficient (Wildman–Crippen LogP) is 2.73. The van der Waals surface area contributed by atoms with Gasteiger partial charge < -0.3 is 5.11 Å². The Morgan fingerprint density at radius 3 is 2.55 bits per heavy atom. The van der Waals surface area contributed by atoms with E-state index in [9.17, 15) is 8.42 Å². The van der Waals surface area contributed by atoms with E-state index in [1.807, 2.05) is 20.8 Å². The highest BCUT2D eigenvalue weighted by atomic mass is 35.5. The molecule has 1 rings (SSSR count). The molecule has 0 aliphatic heterocycles. The Labute approximate surface area is 126 Å². The maximum atomic E-state index is 12.1. The largest absolute Gasteiger partial charge is 0.396 e. The number of hydrogen-bond acceptors (Lipinski definition) is 3. The van der Waals surface area contributed by atoms with Gasteiger partial charge in [-0.25, -0.2) is 13.1 Å². The van der Waals surface area contributed by atoms with Gasteiger partial charge in [-0.1, -0.05) is 31.5 Å². The zero-order valence-corrected chi connectivity index (χ0v) is 13.7. The van der Waals surface area contributed by atoms with E-state index in [1.165, 1.54) is 6.07 Å². The van der Waals surface area contributed by atoms with Crippen molar-refractivity contribution in [1.82, 2.24) is 4.72 Å². The Kier molecular flexibility index (Phi) is 6.01. The molecule has 0 aromatic heterocycles. The number of halogens is 1. The highest BCUT2D eigenvalue weighted by molar-refractivity contribution is 7.89. The Morgan fingerprint density at radius 1 is 1.35 bits per heavy atom. The molecule has 0 heterocycles. The van der Waals surface area contributed by atoms with Gasteiger partial charge in [-0.15, -0.1) is 0 Å². The van der Waals surface area contributed by atoms with Gasteiger partial charge in [0.2, 0.25) is 10.0 Å². The number of aliphatic hydroxyl groups is 1. The Morgan fingerprint density at radius 2 is 2.00 bits per heavy atom. The summed E-state index contributed by atoms with van der Waals surface area (Å²) in [6.07, 6.45) is 1.42. The van der Waals surface area contributed by atoms with E-state index in [4.69, 9.17) is 16.7 Å². The standard InChI is InChI=1S/C14H22ClNO3S/c1-11-5-6-12(9-13(11)15)20(18,19)16-8-4-7-14(2,3)10-17/h5-6,9,16-17H,4,7-8,10H2,1-3H3. The van der Waals surface area contributed by atoms with Crippen molar-refractivity contribution in [2.75, 3.05) is 13.2 Å². The quantitative estimate of drug-likeness (QED) is 0.759. The van der Waals surface area contributed by atoms with Gasteiger partial charge in [-0.2, -0.15) is 0 Å². The molecule has 0 radical (unpaired) electrons. The van der Waals surface area contributed by atoms with Crippen LogP contribution in [0.5, 0.6) is 0 Å². The fourth-order valence-electron chi connectivity index (χ4n) is 1.68. The minimum atomic E-state index is -3.52. The van der Waals surface area contributed by atoms with Crippen molar-refractivity contribution in [3.05, 3.63) is 28.8 Å². The Balaban J connectivity index is 2.60. The molecule has 0 aliphatic rings. The average molecular weight is 320 g/mol. The molecule has 0 atom stereocenters. The van der Waals surface area contributed by atoms with Crippen molar-refractivity contribution in [3.63, 3.8) is 0 Å². The first-order valence-electron chi connectivity index (χ1n) is 6.55. The van der Waals surface area contributed by atoms with Crippen LogP contribution in [0.3, 0.4) is 0 Å². The highest BCUT2D eigenvalue weighted by Gasteiger charge is 2.18. The molecule has 0 bridgehead atoms. The van der Waals surface area contributed by atoms with E-state index in [-0.39, 0.29) is 16.9 Å². The van der Waals surface area contributed by atoms with Crippen LogP contribution in [0.15, 0.2) is 23.1 Å². The van der Waals surface area contributed by atoms with Crippen molar-refractivity contribution in [1.29, 1.82) is 0 Å². The summed E-state index contributed by atoms with van der Waals surface area (Å²) in [6.45, 7) is 6.15. The van der Waals surface area contributed by atoms with Crippen LogP contribution in [0.4, 0.5) is 0 Å². The third-order valence-electron chi connectivity index (χ3n) is 3.20. The first-order valence-corrected chi connectivity index (χ1v) is 8.41. The summed E-state index contributed by atoms with van der Waals surface area (Å²) in [4.78, 5) is 0.175. The van der Waals surface area contributed by atoms with E-state index in [0.29, 0.717) is 18.0 Å². The Hall–Kier alpha value is -0.620. The van der Waals surface area contributed by atoms with Crippen LogP contribution < -0.4 is 4.72 Å². The second kappa shape index (κ2) is 6.89. The monoisotopic (exact) mass is 319 g/mol. The van der Waals surface area contributed by atoms with E-state index < -0.39 is 10.0 Å². The lowest BCUT2D eigenvalue weighted by Gasteiger charge is -2.21. The molecule has 114 valence electrons. The van der Waals surface area contributed by atoms with E-state index in [1.54, 1.807) is 12.1 Å². The zero-order chi connectivity index (χ0) is 15.4. The molecule has 0 saturated carbocycles. The Bertz CT molecular complexity index is 556. The normalized spacial score (nSPS) is 12.7. The number of aliphatic hydroxyl groups excluding tert-OH is 1. The van der Waals surface area contributed by atoms with E-state index in [2.05, 4.69) is 4.72 Å². The van der Waals surface area contributed by atoms with Crippen LogP contribution in [0.1, 0.15) is 32.3 Å². The number of rotatable bonds is 7. The topological polar surface area (TPSA) is 66.4 Å². The summed E-state index contributed by atoms with van der Waals surface area (Å²) in [7, 11) is -3.52. The molecule has 1 aromatic carbocycles. The number of hydrogen-bond donors (Lipinski definition) is 2. The van der Waals surface area contributed by atoms with Gasteiger partial charge >= 0.3 is 0 Å². The smallest absolute Gasteiger partial charge is 0.240 e. The third kappa shape index (κ3) is 5.05. The molecule has 0 saturated heterocycles. The molecule has 20 heavy (non-hydrogen) atoms. The SMILES string of the molecule is Cc1ccc(S(=O)(=O)NCCCC(C)(C)CO)cc1Cl. The zero-order valence-electron chi connectivity index (χ0n) is 12.1. The molecular formula is C14H22ClNO3S. The van der Waals surface area contributed by atoms with Crippen molar-refractivity contribution < 1.29 is 13.5 Å². The predicted molar refractivity (Wildman–Crippen MR) is 81.5 cm³/mol. The minimum absolute atomic E-state index is 0.0906. The summed E-state index contributed by atoms with van der Waals surface area (Å²) in [6, 6.07) is 4.68. The van der Waals surface area contributed by atoms with Gasteiger partial charge in [-0.3, -0.25) is 0 Å². The number of aryl methyl sites for hydroxylation is 1. The van der Waals surface area contributed by atoms with Gasteiger partial charge in [0, 0.05) is 18.2 Å². The van der Waals surface area contributed by atoms with Gasteiger partial charge in [0.15, 0.2) is 0 Å². The highest BCUT2D eigenvalue weighted by Crippen LogP contribution is 2.22. The summed E-state index contributed by atoms with van der Waals surface area (Å²) >= 11 is 5.94. The lowest BCUT2D eigenvalue weighted by atomic mass is 9.89. The lowest BCUT2D eigenvalue weighted by Crippen LogP contribution is -2.26. The molecule has 0 unspecified atom stereocenters. The number of benzene rings is 1. The number of nitrogens with one attached hydrogen (secondary N) is 1. The second-order valence-electron chi connectivity index (χ2n) is 5.73. The van der Waals surface area contributed by atoms with Crippen LogP contribution in [-0.4, -0.2) is 26.7 Å². The average Bonchev–Trinajstić information content (AvgIpc) is 2.38. The van der Waals surface area contributed by atoms with Crippen LogP contribution in [-0.2, 0) is 10.0 Å². The molecule has 0 fully saturated rings. The van der Waals surface area contributed by atoms with Crippen molar-refractivity contribution >= 4 is 21.6 Å². The van der Waals surface area contributed by atoms with Crippen LogP contribution in [0.25, 0.3) is 0 Å². The van der Waals surface area contributed by atoms with E-state index in [0.717, 1.165) is 12.0 Å². The molecular weight excluding hydrogens is 298 g/mol. The fourth-order valence-corrected chi connectivity index (χ4v) is 3.02. The van der Waals surface area contributed by atoms with Crippen molar-refractivity contribution in [3.8, 4) is 0 Å². The molecule has 0 amide bonds. The minimum Gasteiger partial charge on any atom is -0.396 e. The lowest BCUT2D eigenvalue weighted by molar-refractivity contribution is 0.148. The van der Waals surface area contributed by atoms with Gasteiger partial charge in [0.25, 0.3) is 0 Å². The van der Waals surface area contributed by atoms with Crippen molar-refractivity contribution in [2.45, 2.75) is 38.5 Å². The van der Waals surface area contributed by atoms with Gasteiger partial charge in [-0.05, 0) is 42.9 Å². The first kappa shape index (κ1) is 17.4. The molecule has 1 aromatic rings. The molecule has 6 heteroatoms. The molecule has 0 aliphatic carbocycles.